The number of aliphatic hydroxyl groups excluding tert-OH is 1. The highest BCUT2D eigenvalue weighted by Gasteiger charge is 2.12. The monoisotopic (exact) mass is 253 g/mol. The van der Waals surface area contributed by atoms with Crippen LogP contribution in [0.1, 0.15) is 44.3 Å². The summed E-state index contributed by atoms with van der Waals surface area (Å²) >= 11 is 0. The quantitative estimate of drug-likeness (QED) is 0.734. The van der Waals surface area contributed by atoms with Crippen molar-refractivity contribution in [3.63, 3.8) is 0 Å². The van der Waals surface area contributed by atoms with Crippen molar-refractivity contribution in [2.45, 2.75) is 38.7 Å². The second kappa shape index (κ2) is 7.82. The van der Waals surface area contributed by atoms with Crippen LogP contribution >= 0.6 is 0 Å². The minimum atomic E-state index is -0.999. The molecule has 0 saturated carbocycles. The Labute approximate surface area is 107 Å². The average molecular weight is 253 g/mol. The van der Waals surface area contributed by atoms with Crippen molar-refractivity contribution in [2.24, 2.45) is 0 Å². The van der Waals surface area contributed by atoms with Crippen molar-refractivity contribution in [2.75, 3.05) is 6.54 Å². The fourth-order valence-electron chi connectivity index (χ4n) is 1.69. The Morgan fingerprint density at radius 3 is 2.78 bits per heavy atom. The average Bonchev–Trinajstić information content (AvgIpc) is 2.37. The molecule has 1 aromatic carbocycles. The largest absolute Gasteiger partial charge is 0.386 e. The summed E-state index contributed by atoms with van der Waals surface area (Å²) in [6.45, 7) is 2.12. The molecule has 1 rings (SSSR count). The molecule has 0 aliphatic rings. The van der Waals surface area contributed by atoms with E-state index in [9.17, 15) is 14.3 Å². The van der Waals surface area contributed by atoms with Gasteiger partial charge >= 0.3 is 0 Å². The molecule has 3 nitrogen and oxygen atoms in total. The zero-order chi connectivity index (χ0) is 13.4. The number of benzene rings is 1. The number of carbonyl (C=O) groups excluding carboxylic acids is 1. The lowest BCUT2D eigenvalue weighted by molar-refractivity contribution is -0.121. The van der Waals surface area contributed by atoms with E-state index < -0.39 is 11.9 Å². The molecule has 0 radical (unpaired) electrons. The first kappa shape index (κ1) is 14.6. The fourth-order valence-corrected chi connectivity index (χ4v) is 1.69. The van der Waals surface area contributed by atoms with E-state index in [1.54, 1.807) is 12.1 Å². The van der Waals surface area contributed by atoms with E-state index in [0.29, 0.717) is 6.42 Å². The minimum absolute atomic E-state index is 0.0475. The molecule has 0 fully saturated rings. The molecular formula is C14H20FNO2. The highest BCUT2D eigenvalue weighted by molar-refractivity contribution is 5.75. The predicted octanol–water partition coefficient (Wildman–Crippen LogP) is 2.56. The van der Waals surface area contributed by atoms with Crippen LogP contribution in [0.5, 0.6) is 0 Å². The van der Waals surface area contributed by atoms with Crippen LogP contribution < -0.4 is 5.32 Å². The van der Waals surface area contributed by atoms with E-state index in [1.165, 1.54) is 12.1 Å². The number of carbonyl (C=O) groups is 1. The van der Waals surface area contributed by atoms with Gasteiger partial charge < -0.3 is 10.4 Å². The molecule has 0 aromatic heterocycles. The summed E-state index contributed by atoms with van der Waals surface area (Å²) < 4.78 is 13.3. The molecule has 0 aliphatic heterocycles. The zero-order valence-electron chi connectivity index (χ0n) is 10.7. The van der Waals surface area contributed by atoms with Crippen molar-refractivity contribution in [1.82, 2.24) is 5.32 Å². The van der Waals surface area contributed by atoms with Crippen LogP contribution in [0.4, 0.5) is 4.39 Å². The molecular weight excluding hydrogens is 233 g/mol. The molecule has 0 spiro atoms. The summed E-state index contributed by atoms with van der Waals surface area (Å²) in [7, 11) is 0. The van der Waals surface area contributed by atoms with Gasteiger partial charge in [0.05, 0.1) is 6.10 Å². The number of hydrogen-bond donors (Lipinski definition) is 2. The minimum Gasteiger partial charge on any atom is -0.386 e. The van der Waals surface area contributed by atoms with Crippen LogP contribution in [0.2, 0.25) is 0 Å². The summed E-state index contributed by atoms with van der Waals surface area (Å²) in [5.74, 6) is -0.552. The van der Waals surface area contributed by atoms with E-state index in [-0.39, 0.29) is 18.0 Å². The van der Waals surface area contributed by atoms with Crippen molar-refractivity contribution < 1.29 is 14.3 Å². The third-order valence-corrected chi connectivity index (χ3v) is 2.76. The van der Waals surface area contributed by atoms with Crippen LogP contribution in [0.3, 0.4) is 0 Å². The number of amides is 1. The summed E-state index contributed by atoms with van der Waals surface area (Å²) in [4.78, 5) is 11.4. The predicted molar refractivity (Wildman–Crippen MR) is 68.5 cm³/mol. The van der Waals surface area contributed by atoms with Crippen LogP contribution in [0.15, 0.2) is 24.3 Å². The van der Waals surface area contributed by atoms with Crippen molar-refractivity contribution in [3.05, 3.63) is 35.6 Å². The van der Waals surface area contributed by atoms with Gasteiger partial charge in [-0.25, -0.2) is 4.39 Å². The number of aliphatic hydroxyl groups is 1. The zero-order valence-corrected chi connectivity index (χ0v) is 10.7. The number of halogens is 1. The Morgan fingerprint density at radius 2 is 2.11 bits per heavy atom. The Kier molecular flexibility index (Phi) is 6.36. The van der Waals surface area contributed by atoms with E-state index in [1.807, 2.05) is 0 Å². The molecule has 0 saturated heterocycles. The van der Waals surface area contributed by atoms with Crippen LogP contribution in [-0.4, -0.2) is 17.6 Å². The number of hydrogen-bond acceptors (Lipinski definition) is 2. The molecule has 0 bridgehead atoms. The van der Waals surface area contributed by atoms with Gasteiger partial charge in [0.15, 0.2) is 0 Å². The fraction of sp³-hybridized carbons (Fsp3) is 0.500. The van der Waals surface area contributed by atoms with E-state index in [4.69, 9.17) is 0 Å². The molecule has 0 heterocycles. The first-order valence-corrected chi connectivity index (χ1v) is 6.34. The molecule has 1 amide bonds. The Bertz CT molecular complexity index is 382. The maximum atomic E-state index is 13.3. The molecule has 4 heteroatoms. The van der Waals surface area contributed by atoms with Gasteiger partial charge in [-0.1, -0.05) is 38.0 Å². The molecule has 2 N–H and O–H groups in total. The topological polar surface area (TPSA) is 49.3 Å². The van der Waals surface area contributed by atoms with E-state index >= 15 is 0 Å². The lowest BCUT2D eigenvalue weighted by Gasteiger charge is -2.12. The van der Waals surface area contributed by atoms with Crippen molar-refractivity contribution in [3.8, 4) is 0 Å². The van der Waals surface area contributed by atoms with E-state index in [0.717, 1.165) is 19.3 Å². The van der Waals surface area contributed by atoms with Gasteiger partial charge in [0.1, 0.15) is 5.82 Å². The summed E-state index contributed by atoms with van der Waals surface area (Å²) in [6.07, 6.45) is 2.38. The van der Waals surface area contributed by atoms with Crippen LogP contribution in [0.25, 0.3) is 0 Å². The van der Waals surface area contributed by atoms with Gasteiger partial charge in [0.2, 0.25) is 5.91 Å². The second-order valence-corrected chi connectivity index (χ2v) is 4.30. The van der Waals surface area contributed by atoms with Gasteiger partial charge in [-0.15, -0.1) is 0 Å². The molecule has 1 atom stereocenters. The molecule has 18 heavy (non-hydrogen) atoms. The highest BCUT2D eigenvalue weighted by atomic mass is 19.1. The van der Waals surface area contributed by atoms with Gasteiger partial charge in [0, 0.05) is 18.5 Å². The first-order chi connectivity index (χ1) is 8.65. The Hall–Kier alpha value is -1.42. The smallest absolute Gasteiger partial charge is 0.220 e. The third-order valence-electron chi connectivity index (χ3n) is 2.76. The van der Waals surface area contributed by atoms with Crippen LogP contribution in [0, 0.1) is 5.82 Å². The maximum Gasteiger partial charge on any atom is 0.220 e. The van der Waals surface area contributed by atoms with Crippen molar-refractivity contribution in [1.29, 1.82) is 0 Å². The summed E-state index contributed by atoms with van der Waals surface area (Å²) in [6, 6.07) is 6.03. The second-order valence-electron chi connectivity index (χ2n) is 4.30. The number of unbranched alkanes of at least 4 members (excludes halogenated alkanes) is 2. The molecule has 100 valence electrons. The first-order valence-electron chi connectivity index (χ1n) is 6.34. The van der Waals surface area contributed by atoms with Crippen molar-refractivity contribution >= 4 is 5.91 Å². The van der Waals surface area contributed by atoms with Gasteiger partial charge in [-0.2, -0.15) is 0 Å². The SMILES string of the molecule is CCCCCC(=O)NCC(O)c1ccccc1F. The van der Waals surface area contributed by atoms with Gasteiger partial charge in [0.25, 0.3) is 0 Å². The molecule has 1 unspecified atom stereocenters. The summed E-state index contributed by atoms with van der Waals surface area (Å²) in [5.41, 5.74) is 0.214. The van der Waals surface area contributed by atoms with Gasteiger partial charge in [-0.3, -0.25) is 4.79 Å². The standard InChI is InChI=1S/C14H20FNO2/c1-2-3-4-9-14(18)16-10-13(17)11-7-5-6-8-12(11)15/h5-8,13,17H,2-4,9-10H2,1H3,(H,16,18). The lowest BCUT2D eigenvalue weighted by atomic mass is 10.1. The number of rotatable bonds is 7. The normalized spacial score (nSPS) is 12.2. The summed E-state index contributed by atoms with van der Waals surface area (Å²) in [5, 5.41) is 12.4. The highest BCUT2D eigenvalue weighted by Crippen LogP contribution is 2.15. The molecule has 1 aromatic rings. The Balaban J connectivity index is 2.35. The lowest BCUT2D eigenvalue weighted by Crippen LogP contribution is -2.28. The van der Waals surface area contributed by atoms with Gasteiger partial charge in [-0.05, 0) is 12.5 Å². The van der Waals surface area contributed by atoms with E-state index in [2.05, 4.69) is 12.2 Å². The maximum absolute atomic E-state index is 13.3. The Morgan fingerprint density at radius 1 is 1.39 bits per heavy atom. The number of nitrogens with one attached hydrogen (secondary N) is 1. The molecule has 0 aliphatic carbocycles. The third kappa shape index (κ3) is 4.84. The van der Waals surface area contributed by atoms with Crippen LogP contribution in [-0.2, 0) is 4.79 Å².